The topological polar surface area (TPSA) is 29.3 Å². The smallest absolute Gasteiger partial charge is 0.0432 e. The summed E-state index contributed by atoms with van der Waals surface area (Å²) in [6.45, 7) is 6.76. The fourth-order valence-corrected chi connectivity index (χ4v) is 2.35. The molecule has 0 aliphatic carbocycles. The fraction of sp³-hybridized carbons (Fsp3) is 0.294. The van der Waals surface area contributed by atoms with Gasteiger partial charge >= 0.3 is 0 Å². The zero-order valence-electron chi connectivity index (χ0n) is 11.8. The van der Waals surface area contributed by atoms with E-state index in [1.54, 1.807) is 0 Å². The molecule has 2 nitrogen and oxygen atoms in total. The van der Waals surface area contributed by atoms with Gasteiger partial charge in [-0.1, -0.05) is 42.5 Å². The maximum Gasteiger partial charge on any atom is 0.0432 e. The van der Waals surface area contributed by atoms with Crippen LogP contribution in [0.5, 0.6) is 0 Å². The lowest BCUT2D eigenvalue weighted by molar-refractivity contribution is 0.784. The van der Waals surface area contributed by atoms with E-state index in [0.717, 1.165) is 13.1 Å². The second kappa shape index (κ2) is 6.39. The molecule has 2 aromatic rings. The van der Waals surface area contributed by atoms with Gasteiger partial charge in [0.1, 0.15) is 0 Å². The van der Waals surface area contributed by atoms with Gasteiger partial charge in [0.25, 0.3) is 0 Å². The van der Waals surface area contributed by atoms with E-state index < -0.39 is 0 Å². The highest BCUT2D eigenvalue weighted by Gasteiger charge is 2.09. The van der Waals surface area contributed by atoms with Gasteiger partial charge in [-0.25, -0.2) is 0 Å². The molecule has 0 heterocycles. The van der Waals surface area contributed by atoms with Crippen molar-refractivity contribution in [2.45, 2.75) is 20.4 Å². The molecule has 2 aromatic carbocycles. The van der Waals surface area contributed by atoms with E-state index >= 15 is 0 Å². The standard InChI is InChI=1S/C17H22N2/c1-14-7-3-5-9-16(14)13-19(12-11-18)17-10-6-4-8-15(17)2/h3-10H,11-13,18H2,1-2H3. The molecular formula is C17H22N2. The normalized spacial score (nSPS) is 10.5. The SMILES string of the molecule is Cc1ccccc1CN(CCN)c1ccccc1C. The van der Waals surface area contributed by atoms with E-state index in [1.807, 2.05) is 0 Å². The minimum absolute atomic E-state index is 0.667. The quantitative estimate of drug-likeness (QED) is 0.887. The molecule has 0 spiro atoms. The van der Waals surface area contributed by atoms with Crippen LogP contribution in [0.1, 0.15) is 16.7 Å². The van der Waals surface area contributed by atoms with Gasteiger partial charge in [0.15, 0.2) is 0 Å². The van der Waals surface area contributed by atoms with Gasteiger partial charge in [-0.2, -0.15) is 0 Å². The summed E-state index contributed by atoms with van der Waals surface area (Å²) in [5.74, 6) is 0. The second-order valence-electron chi connectivity index (χ2n) is 4.92. The predicted molar refractivity (Wildman–Crippen MR) is 82.5 cm³/mol. The third-order valence-electron chi connectivity index (χ3n) is 3.48. The van der Waals surface area contributed by atoms with E-state index in [0.29, 0.717) is 6.54 Å². The molecule has 0 bridgehead atoms. The molecule has 0 saturated heterocycles. The molecule has 0 unspecified atom stereocenters. The average molecular weight is 254 g/mol. The average Bonchev–Trinajstić information content (AvgIpc) is 2.41. The highest BCUT2D eigenvalue weighted by Crippen LogP contribution is 2.22. The Bertz CT molecular complexity index is 534. The van der Waals surface area contributed by atoms with Crippen LogP contribution in [0.2, 0.25) is 0 Å². The van der Waals surface area contributed by atoms with Crippen molar-refractivity contribution in [3.63, 3.8) is 0 Å². The van der Waals surface area contributed by atoms with E-state index in [9.17, 15) is 0 Å². The molecule has 0 aliphatic rings. The third-order valence-corrected chi connectivity index (χ3v) is 3.48. The Morgan fingerprint density at radius 2 is 1.53 bits per heavy atom. The minimum atomic E-state index is 0.667. The van der Waals surface area contributed by atoms with Crippen LogP contribution in [-0.2, 0) is 6.54 Å². The molecule has 0 saturated carbocycles. The number of rotatable bonds is 5. The number of aryl methyl sites for hydroxylation is 2. The molecule has 100 valence electrons. The largest absolute Gasteiger partial charge is 0.366 e. The number of nitrogens with zero attached hydrogens (tertiary/aromatic N) is 1. The third kappa shape index (κ3) is 3.36. The number of nitrogens with two attached hydrogens (primary N) is 1. The lowest BCUT2D eigenvalue weighted by atomic mass is 10.1. The Labute approximate surface area is 115 Å². The molecule has 0 atom stereocenters. The van der Waals surface area contributed by atoms with Crippen molar-refractivity contribution in [1.82, 2.24) is 0 Å². The summed E-state index contributed by atoms with van der Waals surface area (Å²) in [6.07, 6.45) is 0. The van der Waals surface area contributed by atoms with Gasteiger partial charge in [0.2, 0.25) is 0 Å². The van der Waals surface area contributed by atoms with Crippen molar-refractivity contribution in [3.8, 4) is 0 Å². The highest BCUT2D eigenvalue weighted by atomic mass is 15.1. The maximum atomic E-state index is 5.77. The minimum Gasteiger partial charge on any atom is -0.366 e. The number of anilines is 1. The second-order valence-corrected chi connectivity index (χ2v) is 4.92. The molecule has 0 amide bonds. The van der Waals surface area contributed by atoms with Crippen LogP contribution in [0.4, 0.5) is 5.69 Å². The van der Waals surface area contributed by atoms with E-state index in [4.69, 9.17) is 5.73 Å². The number of hydrogen-bond acceptors (Lipinski definition) is 2. The van der Waals surface area contributed by atoms with Crippen molar-refractivity contribution < 1.29 is 0 Å². The molecule has 0 aromatic heterocycles. The Kier molecular flexibility index (Phi) is 4.58. The van der Waals surface area contributed by atoms with Gasteiger partial charge in [-0.15, -0.1) is 0 Å². The summed E-state index contributed by atoms with van der Waals surface area (Å²) in [4.78, 5) is 2.36. The van der Waals surface area contributed by atoms with Crippen molar-refractivity contribution in [2.75, 3.05) is 18.0 Å². The zero-order chi connectivity index (χ0) is 13.7. The molecule has 2 heteroatoms. The first-order chi connectivity index (χ1) is 9.22. The van der Waals surface area contributed by atoms with Gasteiger partial charge in [-0.05, 0) is 36.6 Å². The van der Waals surface area contributed by atoms with Crippen LogP contribution in [0, 0.1) is 13.8 Å². The van der Waals surface area contributed by atoms with Crippen molar-refractivity contribution in [3.05, 3.63) is 65.2 Å². The summed E-state index contributed by atoms with van der Waals surface area (Å²) < 4.78 is 0. The Hall–Kier alpha value is -1.80. The lowest BCUT2D eigenvalue weighted by Gasteiger charge is -2.26. The first-order valence-electron chi connectivity index (χ1n) is 6.77. The molecule has 0 aliphatic heterocycles. The first kappa shape index (κ1) is 13.6. The summed E-state index contributed by atoms with van der Waals surface area (Å²) >= 11 is 0. The predicted octanol–water partition coefficient (Wildman–Crippen LogP) is 3.27. The Morgan fingerprint density at radius 3 is 2.16 bits per heavy atom. The molecule has 19 heavy (non-hydrogen) atoms. The summed E-state index contributed by atoms with van der Waals surface area (Å²) in [5.41, 5.74) is 11.0. The summed E-state index contributed by atoms with van der Waals surface area (Å²) in [5, 5.41) is 0. The van der Waals surface area contributed by atoms with Crippen LogP contribution in [0.25, 0.3) is 0 Å². The number of para-hydroxylation sites is 1. The summed E-state index contributed by atoms with van der Waals surface area (Å²) in [6, 6.07) is 17.0. The van der Waals surface area contributed by atoms with Gasteiger partial charge in [-0.3, -0.25) is 0 Å². The fourth-order valence-electron chi connectivity index (χ4n) is 2.35. The van der Waals surface area contributed by atoms with Crippen molar-refractivity contribution >= 4 is 5.69 Å². The molecule has 2 rings (SSSR count). The highest BCUT2D eigenvalue weighted by molar-refractivity contribution is 5.53. The lowest BCUT2D eigenvalue weighted by Crippen LogP contribution is -2.29. The zero-order valence-corrected chi connectivity index (χ0v) is 11.8. The first-order valence-corrected chi connectivity index (χ1v) is 6.77. The Morgan fingerprint density at radius 1 is 0.895 bits per heavy atom. The van der Waals surface area contributed by atoms with E-state index in [2.05, 4.69) is 67.3 Å². The van der Waals surface area contributed by atoms with Crippen molar-refractivity contribution in [1.29, 1.82) is 0 Å². The van der Waals surface area contributed by atoms with Gasteiger partial charge in [0, 0.05) is 25.3 Å². The van der Waals surface area contributed by atoms with Crippen LogP contribution in [-0.4, -0.2) is 13.1 Å². The molecular weight excluding hydrogens is 232 g/mol. The van der Waals surface area contributed by atoms with E-state index in [1.165, 1.54) is 22.4 Å². The van der Waals surface area contributed by atoms with Gasteiger partial charge < -0.3 is 10.6 Å². The van der Waals surface area contributed by atoms with Crippen molar-refractivity contribution in [2.24, 2.45) is 5.73 Å². The Balaban J connectivity index is 2.27. The van der Waals surface area contributed by atoms with Gasteiger partial charge in [0.05, 0.1) is 0 Å². The van der Waals surface area contributed by atoms with E-state index in [-0.39, 0.29) is 0 Å². The molecule has 0 fully saturated rings. The molecule has 0 radical (unpaired) electrons. The van der Waals surface area contributed by atoms with Crippen LogP contribution in [0.15, 0.2) is 48.5 Å². The number of hydrogen-bond donors (Lipinski definition) is 1. The van der Waals surface area contributed by atoms with Crippen LogP contribution >= 0.6 is 0 Å². The van der Waals surface area contributed by atoms with Crippen LogP contribution in [0.3, 0.4) is 0 Å². The molecule has 2 N–H and O–H groups in total. The van der Waals surface area contributed by atoms with Crippen LogP contribution < -0.4 is 10.6 Å². The monoisotopic (exact) mass is 254 g/mol. The maximum absolute atomic E-state index is 5.77. The summed E-state index contributed by atoms with van der Waals surface area (Å²) in [7, 11) is 0. The number of benzene rings is 2.